The van der Waals surface area contributed by atoms with Gasteiger partial charge in [0.25, 0.3) is 5.56 Å². The van der Waals surface area contributed by atoms with Gasteiger partial charge < -0.3 is 18.9 Å². The largest absolute Gasteiger partial charge is 0.497 e. The second-order valence-electron chi connectivity index (χ2n) is 7.91. The Morgan fingerprint density at radius 1 is 1.06 bits per heavy atom. The van der Waals surface area contributed by atoms with Crippen LogP contribution < -0.4 is 29.1 Å². The Kier molecular flexibility index (Phi) is 7.59. The summed E-state index contributed by atoms with van der Waals surface area (Å²) in [6.07, 6.45) is 1.75. The number of aromatic nitrogens is 1. The average molecular weight is 509 g/mol. The van der Waals surface area contributed by atoms with Crippen molar-refractivity contribution in [3.63, 3.8) is 0 Å². The van der Waals surface area contributed by atoms with Crippen molar-refractivity contribution in [2.24, 2.45) is 4.99 Å². The molecule has 0 unspecified atom stereocenters. The molecule has 0 N–H and O–H groups in total. The van der Waals surface area contributed by atoms with Gasteiger partial charge in [-0.25, -0.2) is 9.79 Å². The number of carbonyl (C=O) groups is 1. The number of hydrogen-bond donors (Lipinski definition) is 0. The van der Waals surface area contributed by atoms with E-state index in [4.69, 9.17) is 18.9 Å². The van der Waals surface area contributed by atoms with Crippen LogP contribution in [0.5, 0.6) is 17.2 Å². The monoisotopic (exact) mass is 508 g/mol. The summed E-state index contributed by atoms with van der Waals surface area (Å²) in [5.41, 5.74) is 2.03. The molecule has 1 aromatic heterocycles. The van der Waals surface area contributed by atoms with Gasteiger partial charge in [0.1, 0.15) is 17.2 Å². The fourth-order valence-corrected chi connectivity index (χ4v) is 5.15. The fourth-order valence-electron chi connectivity index (χ4n) is 4.11. The molecular weight excluding hydrogens is 480 g/mol. The first-order valence-corrected chi connectivity index (χ1v) is 12.4. The van der Waals surface area contributed by atoms with Gasteiger partial charge in [-0.3, -0.25) is 9.36 Å². The number of thiazole rings is 1. The van der Waals surface area contributed by atoms with Gasteiger partial charge in [0, 0.05) is 5.56 Å². The van der Waals surface area contributed by atoms with E-state index in [2.05, 4.69) is 4.99 Å². The summed E-state index contributed by atoms with van der Waals surface area (Å²) in [5, 5.41) is 0. The van der Waals surface area contributed by atoms with E-state index in [0.29, 0.717) is 50.0 Å². The lowest BCUT2D eigenvalue weighted by molar-refractivity contribution is -0.139. The highest BCUT2D eigenvalue weighted by atomic mass is 32.1. The third-order valence-corrected chi connectivity index (χ3v) is 6.73. The molecule has 3 aromatic rings. The Bertz CT molecular complexity index is 1480. The molecule has 0 radical (unpaired) electrons. The third kappa shape index (κ3) is 4.79. The number of ether oxygens (including phenoxy) is 4. The lowest BCUT2D eigenvalue weighted by atomic mass is 9.96. The molecule has 0 bridgehead atoms. The Balaban J connectivity index is 1.93. The van der Waals surface area contributed by atoms with E-state index in [1.165, 1.54) is 11.3 Å². The van der Waals surface area contributed by atoms with E-state index in [1.54, 1.807) is 56.9 Å². The highest BCUT2D eigenvalue weighted by Crippen LogP contribution is 2.32. The zero-order valence-electron chi connectivity index (χ0n) is 20.9. The third-order valence-electron chi connectivity index (χ3n) is 5.75. The van der Waals surface area contributed by atoms with E-state index < -0.39 is 12.0 Å². The predicted octanol–water partition coefficient (Wildman–Crippen LogP) is 3.21. The van der Waals surface area contributed by atoms with Crippen LogP contribution in [0.4, 0.5) is 0 Å². The first-order valence-electron chi connectivity index (χ1n) is 11.6. The van der Waals surface area contributed by atoms with E-state index >= 15 is 0 Å². The molecule has 9 heteroatoms. The van der Waals surface area contributed by atoms with Crippen LogP contribution in [0.2, 0.25) is 0 Å². The molecule has 2 heterocycles. The zero-order chi connectivity index (χ0) is 25.8. The van der Waals surface area contributed by atoms with Gasteiger partial charge in [0.2, 0.25) is 0 Å². The van der Waals surface area contributed by atoms with E-state index in [9.17, 15) is 9.59 Å². The van der Waals surface area contributed by atoms with Gasteiger partial charge in [-0.05, 0) is 62.7 Å². The molecule has 36 heavy (non-hydrogen) atoms. The van der Waals surface area contributed by atoms with Crippen LogP contribution in [0.3, 0.4) is 0 Å². The Morgan fingerprint density at radius 2 is 1.78 bits per heavy atom. The normalized spacial score (nSPS) is 15.2. The molecule has 1 aliphatic heterocycles. The summed E-state index contributed by atoms with van der Waals surface area (Å²) in [7, 11) is 3.15. The highest BCUT2D eigenvalue weighted by Gasteiger charge is 2.33. The van der Waals surface area contributed by atoms with Crippen LogP contribution in [0.1, 0.15) is 37.9 Å². The van der Waals surface area contributed by atoms with Crippen molar-refractivity contribution >= 4 is 23.4 Å². The molecule has 0 fully saturated rings. The fraction of sp³-hybridized carbons (Fsp3) is 0.296. The minimum absolute atomic E-state index is 0.214. The van der Waals surface area contributed by atoms with Crippen molar-refractivity contribution in [1.82, 2.24) is 4.57 Å². The molecular formula is C27H28N2O6S. The van der Waals surface area contributed by atoms with Gasteiger partial charge in [-0.2, -0.15) is 0 Å². The molecule has 4 rings (SSSR count). The van der Waals surface area contributed by atoms with Crippen LogP contribution in [0.25, 0.3) is 6.08 Å². The lowest BCUT2D eigenvalue weighted by Crippen LogP contribution is -2.39. The molecule has 8 nitrogen and oxygen atoms in total. The van der Waals surface area contributed by atoms with Gasteiger partial charge in [0.15, 0.2) is 4.80 Å². The minimum Gasteiger partial charge on any atom is -0.497 e. The minimum atomic E-state index is -0.690. The molecule has 0 spiro atoms. The molecule has 188 valence electrons. The number of esters is 1. The SMILES string of the molecule is CCOC(=O)C1=C(C)N=c2s/c(=C\c3cc(OC)ccc3OC)c(=O)n2[C@H]1c1ccc(OCC)cc1. The van der Waals surface area contributed by atoms with Crippen molar-refractivity contribution < 1.29 is 23.7 Å². The van der Waals surface area contributed by atoms with Crippen LogP contribution >= 0.6 is 11.3 Å². The molecule has 1 aliphatic rings. The maximum absolute atomic E-state index is 13.8. The molecule has 0 amide bonds. The molecule has 0 aliphatic carbocycles. The molecule has 2 aromatic carbocycles. The van der Waals surface area contributed by atoms with Crippen LogP contribution in [0.15, 0.2) is 63.5 Å². The van der Waals surface area contributed by atoms with Crippen molar-refractivity contribution in [2.45, 2.75) is 26.8 Å². The number of methoxy groups -OCH3 is 2. The van der Waals surface area contributed by atoms with Crippen LogP contribution in [-0.2, 0) is 9.53 Å². The summed E-state index contributed by atoms with van der Waals surface area (Å²) in [6, 6.07) is 12.1. The van der Waals surface area contributed by atoms with E-state index in [1.807, 2.05) is 31.2 Å². The Morgan fingerprint density at radius 3 is 2.42 bits per heavy atom. The molecule has 0 saturated carbocycles. The predicted molar refractivity (Wildman–Crippen MR) is 138 cm³/mol. The molecule has 1 atom stereocenters. The van der Waals surface area contributed by atoms with Gasteiger partial charge >= 0.3 is 5.97 Å². The van der Waals surface area contributed by atoms with Gasteiger partial charge in [-0.15, -0.1) is 0 Å². The van der Waals surface area contributed by atoms with Crippen molar-refractivity contribution in [2.75, 3.05) is 27.4 Å². The number of carbonyl (C=O) groups excluding carboxylic acids is 1. The summed E-state index contributed by atoms with van der Waals surface area (Å²) in [6.45, 7) is 6.17. The first-order chi connectivity index (χ1) is 17.4. The number of allylic oxidation sites excluding steroid dienone is 1. The topological polar surface area (TPSA) is 88.4 Å². The number of hydrogen-bond acceptors (Lipinski definition) is 8. The van der Waals surface area contributed by atoms with Crippen molar-refractivity contribution in [3.05, 3.63) is 84.5 Å². The van der Waals surface area contributed by atoms with Crippen LogP contribution in [-0.4, -0.2) is 38.0 Å². The second kappa shape index (κ2) is 10.8. The van der Waals surface area contributed by atoms with Crippen LogP contribution in [0, 0.1) is 0 Å². The smallest absolute Gasteiger partial charge is 0.338 e. The maximum Gasteiger partial charge on any atom is 0.338 e. The first kappa shape index (κ1) is 25.2. The molecule has 0 saturated heterocycles. The number of benzene rings is 2. The number of rotatable bonds is 8. The Hall–Kier alpha value is -3.85. The van der Waals surface area contributed by atoms with Crippen molar-refractivity contribution in [3.8, 4) is 17.2 Å². The van der Waals surface area contributed by atoms with Gasteiger partial charge in [0.05, 0.1) is 49.3 Å². The zero-order valence-corrected chi connectivity index (χ0v) is 21.7. The van der Waals surface area contributed by atoms with E-state index in [-0.39, 0.29) is 12.2 Å². The number of fused-ring (bicyclic) bond motifs is 1. The maximum atomic E-state index is 13.8. The summed E-state index contributed by atoms with van der Waals surface area (Å²) < 4.78 is 23.7. The lowest BCUT2D eigenvalue weighted by Gasteiger charge is -2.24. The summed E-state index contributed by atoms with van der Waals surface area (Å²) >= 11 is 1.25. The second-order valence-corrected chi connectivity index (χ2v) is 8.92. The highest BCUT2D eigenvalue weighted by molar-refractivity contribution is 7.07. The quantitative estimate of drug-likeness (QED) is 0.434. The standard InChI is InChI=1S/C27H28N2O6S/c1-6-34-19-10-8-17(9-11-19)24-23(26(31)35-7-2)16(3)28-27-29(24)25(30)22(36-27)15-18-14-20(32-4)12-13-21(18)33-5/h8-15,24H,6-7H2,1-5H3/b22-15-/t24-/m0/s1. The average Bonchev–Trinajstić information content (AvgIpc) is 3.18. The summed E-state index contributed by atoms with van der Waals surface area (Å²) in [4.78, 5) is 31.9. The Labute approximate surface area is 212 Å². The van der Waals surface area contributed by atoms with E-state index in [0.717, 1.165) is 5.56 Å². The van der Waals surface area contributed by atoms with Gasteiger partial charge in [-0.1, -0.05) is 23.5 Å². The summed E-state index contributed by atoms with van der Waals surface area (Å²) in [5.74, 6) is 1.45. The van der Waals surface area contributed by atoms with Crippen molar-refractivity contribution in [1.29, 1.82) is 0 Å². The number of nitrogens with zero attached hydrogens (tertiary/aromatic N) is 2.